The van der Waals surface area contributed by atoms with Gasteiger partial charge in [0.15, 0.2) is 0 Å². The van der Waals surface area contributed by atoms with Gasteiger partial charge in [0, 0.05) is 31.7 Å². The van der Waals surface area contributed by atoms with E-state index in [-0.39, 0.29) is 16.7 Å². The highest BCUT2D eigenvalue weighted by Gasteiger charge is 2.27. The Morgan fingerprint density at radius 2 is 2.28 bits per heavy atom. The molecule has 2 atom stereocenters. The lowest BCUT2D eigenvalue weighted by atomic mass is 10.1. The highest BCUT2D eigenvalue weighted by molar-refractivity contribution is 9.10. The molecular weight excluding hydrogens is 298 g/mol. The predicted octanol–water partition coefficient (Wildman–Crippen LogP) is 2.14. The molecule has 1 saturated heterocycles. The molecule has 0 aromatic heterocycles. The van der Waals surface area contributed by atoms with E-state index in [0.717, 1.165) is 18.7 Å². The zero-order valence-corrected chi connectivity index (χ0v) is 11.8. The Balaban J connectivity index is 2.15. The number of halogens is 1. The first-order valence-corrected chi connectivity index (χ1v) is 6.68. The Kier molecular flexibility index (Phi) is 3.99. The molecule has 1 fully saturated rings. The quantitative estimate of drug-likeness (QED) is 0.685. The van der Waals surface area contributed by atoms with Crippen LogP contribution in [0.2, 0.25) is 0 Å². The Hall–Kier alpha value is -0.980. The molecule has 0 spiro atoms. The number of nitrogens with zero attached hydrogens (tertiary/aromatic N) is 2. The van der Waals surface area contributed by atoms with Crippen LogP contribution in [0.3, 0.4) is 0 Å². The van der Waals surface area contributed by atoms with Gasteiger partial charge in [-0.3, -0.25) is 15.0 Å². The largest absolute Gasteiger partial charge is 0.326 e. The maximum atomic E-state index is 10.9. The fraction of sp³-hybridized carbons (Fsp3) is 0.500. The molecular formula is C12H16BrN3O2. The summed E-state index contributed by atoms with van der Waals surface area (Å²) in [6, 6.07) is 5.33. The minimum Gasteiger partial charge on any atom is -0.326 e. The smallest absolute Gasteiger partial charge is 0.283 e. The lowest BCUT2D eigenvalue weighted by Crippen LogP contribution is -2.28. The van der Waals surface area contributed by atoms with Gasteiger partial charge in [-0.25, -0.2) is 0 Å². The van der Waals surface area contributed by atoms with Crippen LogP contribution < -0.4 is 5.73 Å². The van der Waals surface area contributed by atoms with Gasteiger partial charge in [0.1, 0.15) is 0 Å². The minimum absolute atomic E-state index is 0.115. The summed E-state index contributed by atoms with van der Waals surface area (Å²) < 4.78 is 0.572. The molecule has 98 valence electrons. The topological polar surface area (TPSA) is 72.4 Å². The third-order valence-electron chi connectivity index (χ3n) is 3.40. The zero-order chi connectivity index (χ0) is 13.3. The van der Waals surface area contributed by atoms with Crippen molar-refractivity contribution in [1.82, 2.24) is 4.90 Å². The summed E-state index contributed by atoms with van der Waals surface area (Å²) >= 11 is 3.32. The second-order valence-electron chi connectivity index (χ2n) is 4.84. The molecule has 0 bridgehead atoms. The van der Waals surface area contributed by atoms with Crippen molar-refractivity contribution in [3.63, 3.8) is 0 Å². The SMILES string of the molecule is CC1CN(Cc2cccc([N+](=O)[O-])c2Br)CC1N. The van der Waals surface area contributed by atoms with Gasteiger partial charge >= 0.3 is 0 Å². The van der Waals surface area contributed by atoms with E-state index in [9.17, 15) is 10.1 Å². The monoisotopic (exact) mass is 313 g/mol. The van der Waals surface area contributed by atoms with Crippen LogP contribution in [0.5, 0.6) is 0 Å². The molecule has 1 aliphatic rings. The minimum atomic E-state index is -0.369. The number of hydrogen-bond acceptors (Lipinski definition) is 4. The molecule has 1 aliphatic heterocycles. The Labute approximate surface area is 114 Å². The molecule has 2 N–H and O–H groups in total. The second-order valence-corrected chi connectivity index (χ2v) is 5.64. The van der Waals surface area contributed by atoms with E-state index >= 15 is 0 Å². The van der Waals surface area contributed by atoms with Crippen LogP contribution in [0.1, 0.15) is 12.5 Å². The van der Waals surface area contributed by atoms with Gasteiger partial charge in [0.05, 0.1) is 9.40 Å². The molecule has 0 radical (unpaired) electrons. The van der Waals surface area contributed by atoms with Crippen LogP contribution >= 0.6 is 15.9 Å². The predicted molar refractivity (Wildman–Crippen MR) is 73.2 cm³/mol. The van der Waals surface area contributed by atoms with Crippen molar-refractivity contribution in [2.24, 2.45) is 11.7 Å². The van der Waals surface area contributed by atoms with E-state index < -0.39 is 0 Å². The second kappa shape index (κ2) is 5.34. The summed E-state index contributed by atoms with van der Waals surface area (Å²) in [4.78, 5) is 12.7. The van der Waals surface area contributed by atoms with Crippen molar-refractivity contribution >= 4 is 21.6 Å². The van der Waals surface area contributed by atoms with Crippen LogP contribution in [-0.2, 0) is 6.54 Å². The van der Waals surface area contributed by atoms with Crippen molar-refractivity contribution < 1.29 is 4.92 Å². The van der Waals surface area contributed by atoms with Crippen molar-refractivity contribution in [3.8, 4) is 0 Å². The van der Waals surface area contributed by atoms with Gasteiger partial charge in [0.2, 0.25) is 0 Å². The van der Waals surface area contributed by atoms with Gasteiger partial charge in [-0.1, -0.05) is 19.1 Å². The van der Waals surface area contributed by atoms with E-state index in [1.54, 1.807) is 6.07 Å². The number of nitro benzene ring substituents is 1. The maximum absolute atomic E-state index is 10.9. The average molecular weight is 314 g/mol. The number of benzene rings is 1. The van der Waals surface area contributed by atoms with E-state index in [4.69, 9.17) is 5.73 Å². The number of nitrogens with two attached hydrogens (primary N) is 1. The van der Waals surface area contributed by atoms with Crippen molar-refractivity contribution in [1.29, 1.82) is 0 Å². The Morgan fingerprint density at radius 3 is 2.83 bits per heavy atom. The highest BCUT2D eigenvalue weighted by Crippen LogP contribution is 2.30. The molecule has 0 aliphatic carbocycles. The standard InChI is InChI=1S/C12H16BrN3O2/c1-8-5-15(7-10(8)14)6-9-3-2-4-11(12(9)13)16(17)18/h2-4,8,10H,5-7,14H2,1H3. The molecule has 18 heavy (non-hydrogen) atoms. The third-order valence-corrected chi connectivity index (χ3v) is 4.31. The lowest BCUT2D eigenvalue weighted by Gasteiger charge is -2.16. The van der Waals surface area contributed by atoms with Crippen LogP contribution in [0, 0.1) is 16.0 Å². The molecule has 2 rings (SSSR count). The average Bonchev–Trinajstić information content (AvgIpc) is 2.60. The Morgan fingerprint density at radius 1 is 1.56 bits per heavy atom. The van der Waals surface area contributed by atoms with E-state index in [0.29, 0.717) is 16.9 Å². The number of rotatable bonds is 3. The first-order chi connectivity index (χ1) is 8.49. The number of nitro groups is 1. The van der Waals surface area contributed by atoms with Gasteiger partial charge in [-0.2, -0.15) is 0 Å². The maximum Gasteiger partial charge on any atom is 0.283 e. The normalized spacial score (nSPS) is 24.4. The van der Waals surface area contributed by atoms with Gasteiger partial charge in [-0.05, 0) is 27.4 Å². The van der Waals surface area contributed by atoms with E-state index in [1.807, 2.05) is 6.07 Å². The summed E-state index contributed by atoms with van der Waals surface area (Å²) in [5.41, 5.74) is 7.03. The van der Waals surface area contributed by atoms with Crippen molar-refractivity contribution in [3.05, 3.63) is 38.3 Å². The van der Waals surface area contributed by atoms with E-state index in [2.05, 4.69) is 27.8 Å². The van der Waals surface area contributed by atoms with Crippen LogP contribution in [0.25, 0.3) is 0 Å². The Bertz CT molecular complexity index is 457. The molecule has 0 saturated carbocycles. The molecule has 1 aromatic rings. The van der Waals surface area contributed by atoms with Gasteiger partial charge < -0.3 is 5.73 Å². The fourth-order valence-electron chi connectivity index (χ4n) is 2.29. The number of hydrogen-bond donors (Lipinski definition) is 1. The molecule has 0 amide bonds. The molecule has 2 unspecified atom stereocenters. The molecule has 6 heteroatoms. The van der Waals surface area contributed by atoms with Crippen molar-refractivity contribution in [2.75, 3.05) is 13.1 Å². The van der Waals surface area contributed by atoms with Crippen LogP contribution in [0.15, 0.2) is 22.7 Å². The summed E-state index contributed by atoms with van der Waals surface area (Å²) in [7, 11) is 0. The first kappa shape index (κ1) is 13.5. The third kappa shape index (κ3) is 2.71. The van der Waals surface area contributed by atoms with Crippen LogP contribution in [-0.4, -0.2) is 29.0 Å². The first-order valence-electron chi connectivity index (χ1n) is 5.88. The summed E-state index contributed by atoms with van der Waals surface area (Å²) in [5.74, 6) is 0.475. The molecule has 1 heterocycles. The summed E-state index contributed by atoms with van der Waals surface area (Å²) in [6.07, 6.45) is 0. The summed E-state index contributed by atoms with van der Waals surface area (Å²) in [6.45, 7) is 4.61. The van der Waals surface area contributed by atoms with Crippen molar-refractivity contribution in [2.45, 2.75) is 19.5 Å². The molecule has 1 aromatic carbocycles. The molecule has 5 nitrogen and oxygen atoms in total. The fourth-order valence-corrected chi connectivity index (χ4v) is 2.83. The van der Waals surface area contributed by atoms with Crippen LogP contribution in [0.4, 0.5) is 5.69 Å². The summed E-state index contributed by atoms with van der Waals surface area (Å²) in [5, 5.41) is 10.9. The van der Waals surface area contributed by atoms with E-state index in [1.165, 1.54) is 6.07 Å². The lowest BCUT2D eigenvalue weighted by molar-refractivity contribution is -0.385. The zero-order valence-electron chi connectivity index (χ0n) is 10.2. The highest BCUT2D eigenvalue weighted by atomic mass is 79.9. The van der Waals surface area contributed by atoms with Gasteiger partial charge in [-0.15, -0.1) is 0 Å². The number of likely N-dealkylation sites (tertiary alicyclic amines) is 1. The van der Waals surface area contributed by atoms with Gasteiger partial charge in [0.25, 0.3) is 5.69 Å².